The van der Waals surface area contributed by atoms with Crippen LogP contribution in [0.25, 0.3) is 11.0 Å². The number of benzene rings is 1. The summed E-state index contributed by atoms with van der Waals surface area (Å²) in [5.41, 5.74) is 1.96. The van der Waals surface area contributed by atoms with Gasteiger partial charge in [-0.2, -0.15) is 0 Å². The van der Waals surface area contributed by atoms with Gasteiger partial charge in [-0.15, -0.1) is 11.6 Å². The molecule has 0 saturated heterocycles. The van der Waals surface area contributed by atoms with Crippen molar-refractivity contribution in [3.05, 3.63) is 23.5 Å². The van der Waals surface area contributed by atoms with E-state index in [1.807, 2.05) is 4.57 Å². The molecule has 0 N–H and O–H groups in total. The van der Waals surface area contributed by atoms with Gasteiger partial charge >= 0.3 is 5.97 Å². The number of aromatic nitrogens is 2. The highest BCUT2D eigenvalue weighted by Crippen LogP contribution is 2.29. The van der Waals surface area contributed by atoms with Crippen molar-refractivity contribution in [2.75, 3.05) is 14.2 Å². The zero-order chi connectivity index (χ0) is 14.7. The highest BCUT2D eigenvalue weighted by Gasteiger charge is 2.18. The number of nitrogens with zero attached hydrogens (tertiary/aromatic N) is 2. The Bertz CT molecular complexity index is 637. The molecule has 0 aliphatic carbocycles. The molecule has 0 radical (unpaired) electrons. The van der Waals surface area contributed by atoms with Gasteiger partial charge in [0.1, 0.15) is 17.1 Å². The number of halogens is 1. The number of hydrogen-bond acceptors (Lipinski definition) is 4. The van der Waals surface area contributed by atoms with Gasteiger partial charge in [-0.05, 0) is 18.6 Å². The van der Waals surface area contributed by atoms with Crippen LogP contribution in [0, 0.1) is 0 Å². The molecule has 0 spiro atoms. The number of hydrogen-bond donors (Lipinski definition) is 0. The summed E-state index contributed by atoms with van der Waals surface area (Å²) in [5.74, 6) is 1.26. The first-order valence-electron chi connectivity index (χ1n) is 6.37. The van der Waals surface area contributed by atoms with Gasteiger partial charge in [0.25, 0.3) is 0 Å². The Balaban J connectivity index is 2.71. The van der Waals surface area contributed by atoms with E-state index in [9.17, 15) is 4.79 Å². The van der Waals surface area contributed by atoms with Crippen molar-refractivity contribution in [2.24, 2.45) is 0 Å². The predicted molar refractivity (Wildman–Crippen MR) is 77.5 cm³/mol. The largest absolute Gasteiger partial charge is 0.494 e. The molecule has 0 amide bonds. The van der Waals surface area contributed by atoms with Crippen molar-refractivity contribution in [3.63, 3.8) is 0 Å². The summed E-state index contributed by atoms with van der Waals surface area (Å²) in [6.45, 7) is 2.88. The fourth-order valence-electron chi connectivity index (χ4n) is 2.24. The van der Waals surface area contributed by atoms with Crippen LogP contribution in [-0.4, -0.2) is 29.7 Å². The maximum Gasteiger partial charge on any atom is 0.338 e. The molecule has 5 nitrogen and oxygen atoms in total. The summed E-state index contributed by atoms with van der Waals surface area (Å²) >= 11 is 5.95. The summed E-state index contributed by atoms with van der Waals surface area (Å²) in [5, 5.41) is 0. The first kappa shape index (κ1) is 14.7. The van der Waals surface area contributed by atoms with E-state index in [4.69, 9.17) is 21.1 Å². The fraction of sp³-hybridized carbons (Fsp3) is 0.429. The second-order valence-corrected chi connectivity index (χ2v) is 4.62. The van der Waals surface area contributed by atoms with Crippen LogP contribution in [0.15, 0.2) is 12.1 Å². The number of esters is 1. The standard InChI is InChI=1S/C14H17ClN2O3/c1-4-5-17-12(8-15)16-10-6-9(14(18)20-3)7-11(19-2)13(10)17/h6-7H,4-5,8H2,1-3H3. The lowest BCUT2D eigenvalue weighted by molar-refractivity contribution is 0.0600. The van der Waals surface area contributed by atoms with E-state index >= 15 is 0 Å². The fourth-order valence-corrected chi connectivity index (χ4v) is 2.44. The molecule has 0 fully saturated rings. The Kier molecular flexibility index (Phi) is 4.49. The van der Waals surface area contributed by atoms with Gasteiger partial charge in [0, 0.05) is 6.54 Å². The smallest absolute Gasteiger partial charge is 0.338 e. The lowest BCUT2D eigenvalue weighted by Gasteiger charge is -2.10. The molecule has 20 heavy (non-hydrogen) atoms. The van der Waals surface area contributed by atoms with Crippen molar-refractivity contribution in [2.45, 2.75) is 25.8 Å². The molecule has 0 atom stereocenters. The van der Waals surface area contributed by atoms with Crippen molar-refractivity contribution in [1.29, 1.82) is 0 Å². The van der Waals surface area contributed by atoms with Crippen molar-refractivity contribution in [3.8, 4) is 5.75 Å². The van der Waals surface area contributed by atoms with Gasteiger partial charge < -0.3 is 14.0 Å². The van der Waals surface area contributed by atoms with Gasteiger partial charge in [0.05, 0.1) is 31.2 Å². The van der Waals surface area contributed by atoms with Crippen LogP contribution in [0.5, 0.6) is 5.75 Å². The third-order valence-electron chi connectivity index (χ3n) is 3.09. The topological polar surface area (TPSA) is 53.4 Å². The third-order valence-corrected chi connectivity index (χ3v) is 3.33. The average molecular weight is 297 g/mol. The molecule has 0 bridgehead atoms. The highest BCUT2D eigenvalue weighted by molar-refractivity contribution is 6.17. The van der Waals surface area contributed by atoms with Crippen LogP contribution in [-0.2, 0) is 17.2 Å². The molecule has 0 aliphatic heterocycles. The van der Waals surface area contributed by atoms with E-state index in [1.54, 1.807) is 19.2 Å². The summed E-state index contributed by atoms with van der Waals surface area (Å²) in [4.78, 5) is 16.2. The molecule has 0 unspecified atom stereocenters. The number of alkyl halides is 1. The quantitative estimate of drug-likeness (QED) is 0.629. The Morgan fingerprint density at radius 3 is 2.70 bits per heavy atom. The molecule has 2 aromatic rings. The number of aryl methyl sites for hydroxylation is 1. The van der Waals surface area contributed by atoms with E-state index in [0.717, 1.165) is 24.3 Å². The molecule has 0 aliphatic rings. The van der Waals surface area contributed by atoms with Crippen LogP contribution in [0.3, 0.4) is 0 Å². The SMILES string of the molecule is CCCn1c(CCl)nc2cc(C(=O)OC)cc(OC)c21. The van der Waals surface area contributed by atoms with E-state index in [0.29, 0.717) is 22.7 Å². The first-order chi connectivity index (χ1) is 9.65. The summed E-state index contributed by atoms with van der Waals surface area (Å²) in [6, 6.07) is 3.37. The lowest BCUT2D eigenvalue weighted by atomic mass is 10.2. The molecular weight excluding hydrogens is 280 g/mol. The van der Waals surface area contributed by atoms with Crippen molar-refractivity contribution in [1.82, 2.24) is 9.55 Å². The molecule has 0 saturated carbocycles. The zero-order valence-corrected chi connectivity index (χ0v) is 12.5. The highest BCUT2D eigenvalue weighted by atomic mass is 35.5. The number of fused-ring (bicyclic) bond motifs is 1. The monoisotopic (exact) mass is 296 g/mol. The molecule has 1 aromatic heterocycles. The molecule has 1 heterocycles. The third kappa shape index (κ3) is 2.45. The first-order valence-corrected chi connectivity index (χ1v) is 6.91. The number of ether oxygens (including phenoxy) is 2. The minimum Gasteiger partial charge on any atom is -0.494 e. The van der Waals surface area contributed by atoms with Crippen molar-refractivity contribution < 1.29 is 14.3 Å². The second kappa shape index (κ2) is 6.13. The average Bonchev–Trinajstić information content (AvgIpc) is 2.83. The molecule has 108 valence electrons. The van der Waals surface area contributed by atoms with Gasteiger partial charge in [-0.25, -0.2) is 9.78 Å². The summed E-state index contributed by atoms with van der Waals surface area (Å²) in [6.07, 6.45) is 0.956. The van der Waals surface area contributed by atoms with Crippen LogP contribution < -0.4 is 4.74 Å². The molecule has 6 heteroatoms. The van der Waals surface area contributed by atoms with E-state index < -0.39 is 5.97 Å². The Morgan fingerprint density at radius 1 is 1.40 bits per heavy atom. The number of methoxy groups -OCH3 is 2. The van der Waals surface area contributed by atoms with Crippen molar-refractivity contribution >= 4 is 28.6 Å². The predicted octanol–water partition coefficient (Wildman–Crippen LogP) is 2.98. The minimum atomic E-state index is -0.414. The van der Waals surface area contributed by atoms with Crippen LogP contribution in [0.4, 0.5) is 0 Å². The minimum absolute atomic E-state index is 0.311. The number of rotatable bonds is 5. The maximum absolute atomic E-state index is 11.7. The number of imidazole rings is 1. The van der Waals surface area contributed by atoms with Gasteiger partial charge in [-0.1, -0.05) is 6.92 Å². The summed E-state index contributed by atoms with van der Waals surface area (Å²) < 4.78 is 12.2. The van der Waals surface area contributed by atoms with E-state index in [-0.39, 0.29) is 0 Å². The Hall–Kier alpha value is -1.75. The molecular formula is C14H17ClN2O3. The van der Waals surface area contributed by atoms with E-state index in [1.165, 1.54) is 7.11 Å². The van der Waals surface area contributed by atoms with Crippen LogP contribution >= 0.6 is 11.6 Å². The van der Waals surface area contributed by atoms with Gasteiger partial charge in [0.2, 0.25) is 0 Å². The maximum atomic E-state index is 11.7. The van der Waals surface area contributed by atoms with Crippen LogP contribution in [0.2, 0.25) is 0 Å². The second-order valence-electron chi connectivity index (χ2n) is 4.35. The summed E-state index contributed by atoms with van der Waals surface area (Å²) in [7, 11) is 2.92. The Labute approximate surface area is 122 Å². The zero-order valence-electron chi connectivity index (χ0n) is 11.8. The van der Waals surface area contributed by atoms with E-state index in [2.05, 4.69) is 11.9 Å². The molecule has 2 rings (SSSR count). The Morgan fingerprint density at radius 2 is 2.15 bits per heavy atom. The van der Waals surface area contributed by atoms with Gasteiger partial charge in [0.15, 0.2) is 0 Å². The number of carbonyl (C=O) groups excluding carboxylic acids is 1. The van der Waals surface area contributed by atoms with Gasteiger partial charge in [-0.3, -0.25) is 0 Å². The van der Waals surface area contributed by atoms with Crippen LogP contribution in [0.1, 0.15) is 29.5 Å². The number of carbonyl (C=O) groups is 1. The molecule has 1 aromatic carbocycles. The normalized spacial score (nSPS) is 10.8. The lowest BCUT2D eigenvalue weighted by Crippen LogP contribution is -2.04.